The number of benzene rings is 8. The van der Waals surface area contributed by atoms with Gasteiger partial charge in [0.2, 0.25) is 0 Å². The lowest BCUT2D eigenvalue weighted by Gasteiger charge is -2.17. The number of aryl methyl sites for hydroxylation is 3. The summed E-state index contributed by atoms with van der Waals surface area (Å²) in [7, 11) is 0. The van der Waals surface area contributed by atoms with Gasteiger partial charge in [0.25, 0.3) is 0 Å². The minimum absolute atomic E-state index is 1.31. The Morgan fingerprint density at radius 1 is 0.378 bits per heavy atom. The van der Waals surface area contributed by atoms with Crippen LogP contribution in [0.15, 0.2) is 91.0 Å². The largest absolute Gasteiger partial charge is 0.0610 e. The maximum atomic E-state index is 2.47. The first-order valence-corrected chi connectivity index (χ1v) is 13.2. The molecule has 0 heteroatoms. The van der Waals surface area contributed by atoms with Crippen LogP contribution in [0, 0.1) is 20.8 Å². The van der Waals surface area contributed by atoms with Gasteiger partial charge in [0.15, 0.2) is 0 Å². The van der Waals surface area contributed by atoms with E-state index in [1.165, 1.54) is 104 Å². The van der Waals surface area contributed by atoms with Gasteiger partial charge >= 0.3 is 0 Å². The molecule has 8 aromatic rings. The van der Waals surface area contributed by atoms with Crippen molar-refractivity contribution < 1.29 is 0 Å². The topological polar surface area (TPSA) is 0 Å². The van der Waals surface area contributed by atoms with E-state index in [9.17, 15) is 0 Å². The third-order valence-corrected chi connectivity index (χ3v) is 8.88. The van der Waals surface area contributed by atoms with Crippen LogP contribution in [0.3, 0.4) is 0 Å². The third-order valence-electron chi connectivity index (χ3n) is 8.88. The third kappa shape index (κ3) is 2.34. The van der Waals surface area contributed by atoms with E-state index in [1.807, 2.05) is 0 Å². The molecule has 0 aromatic heterocycles. The van der Waals surface area contributed by atoms with Gasteiger partial charge in [-0.3, -0.25) is 0 Å². The number of hydrogen-bond donors (Lipinski definition) is 0. The SMILES string of the molecule is Cc1cc2ccc3cc4c(c5cc(C)c(c1)c2c35)-c1cccc2c1c-4cc1c3cc(C)ccc3ccc21. The van der Waals surface area contributed by atoms with E-state index in [0.29, 0.717) is 0 Å². The monoisotopic (exact) mass is 468 g/mol. The minimum atomic E-state index is 1.31. The predicted molar refractivity (Wildman–Crippen MR) is 161 cm³/mol. The molecule has 0 bridgehead atoms. The Labute approximate surface area is 215 Å². The van der Waals surface area contributed by atoms with Crippen molar-refractivity contribution >= 4 is 64.6 Å². The number of hydrogen-bond acceptors (Lipinski definition) is 0. The molecule has 0 spiro atoms. The summed E-state index contributed by atoms with van der Waals surface area (Å²) in [5.41, 5.74) is 9.52. The summed E-state index contributed by atoms with van der Waals surface area (Å²) in [5.74, 6) is 0. The van der Waals surface area contributed by atoms with Crippen LogP contribution in [-0.4, -0.2) is 0 Å². The molecule has 37 heavy (non-hydrogen) atoms. The van der Waals surface area contributed by atoms with Gasteiger partial charge in [0, 0.05) is 0 Å². The smallest absolute Gasteiger partial charge is 0.00194 e. The summed E-state index contributed by atoms with van der Waals surface area (Å²) in [6, 6.07) is 35.1. The fourth-order valence-corrected chi connectivity index (χ4v) is 7.34. The maximum Gasteiger partial charge on any atom is -0.00194 e. The van der Waals surface area contributed by atoms with E-state index in [4.69, 9.17) is 0 Å². The van der Waals surface area contributed by atoms with Crippen molar-refractivity contribution in [1.29, 1.82) is 0 Å². The normalized spacial score (nSPS) is 12.7. The molecule has 0 amide bonds. The van der Waals surface area contributed by atoms with Crippen molar-refractivity contribution in [3.63, 3.8) is 0 Å². The van der Waals surface area contributed by atoms with Crippen molar-refractivity contribution in [2.45, 2.75) is 20.8 Å². The van der Waals surface area contributed by atoms with Crippen LogP contribution in [0.4, 0.5) is 0 Å². The number of rotatable bonds is 0. The Balaban J connectivity index is 1.52. The first kappa shape index (κ1) is 19.7. The summed E-state index contributed by atoms with van der Waals surface area (Å²) in [4.78, 5) is 0. The second-order valence-electron chi connectivity index (χ2n) is 11.2. The molecule has 0 N–H and O–H groups in total. The summed E-state index contributed by atoms with van der Waals surface area (Å²) < 4.78 is 0. The standard InChI is InChI=1S/C37H24/c1-19-7-8-22-11-12-25-26-5-4-6-27-36(26)32(18-30(25)29(22)14-19)31-17-24-10-9-23-13-20(2)15-28-21(3)16-33(37(27)31)35(24)34(23)28/h4-18H,1-3H3. The summed E-state index contributed by atoms with van der Waals surface area (Å²) >= 11 is 0. The van der Waals surface area contributed by atoms with Gasteiger partial charge in [-0.2, -0.15) is 0 Å². The molecule has 172 valence electrons. The highest BCUT2D eigenvalue weighted by molar-refractivity contribution is 6.34. The molecular formula is C37H24. The molecule has 0 unspecified atom stereocenters. The molecule has 9 rings (SSSR count). The van der Waals surface area contributed by atoms with Crippen LogP contribution >= 0.6 is 0 Å². The van der Waals surface area contributed by atoms with Gasteiger partial charge in [-0.15, -0.1) is 0 Å². The molecule has 1 aliphatic rings. The molecule has 0 fully saturated rings. The average molecular weight is 469 g/mol. The summed E-state index contributed by atoms with van der Waals surface area (Å²) in [6.45, 7) is 6.68. The second kappa shape index (κ2) is 6.47. The van der Waals surface area contributed by atoms with E-state index >= 15 is 0 Å². The van der Waals surface area contributed by atoms with Gasteiger partial charge in [-0.1, -0.05) is 84.4 Å². The zero-order chi connectivity index (χ0) is 24.6. The molecule has 0 radical (unpaired) electrons. The number of fused-ring (bicyclic) bond motifs is 8. The first-order valence-electron chi connectivity index (χ1n) is 13.2. The zero-order valence-corrected chi connectivity index (χ0v) is 21.2. The van der Waals surface area contributed by atoms with Gasteiger partial charge in [0.1, 0.15) is 0 Å². The van der Waals surface area contributed by atoms with E-state index < -0.39 is 0 Å². The van der Waals surface area contributed by atoms with Crippen LogP contribution in [0.25, 0.3) is 86.9 Å². The highest BCUT2D eigenvalue weighted by Gasteiger charge is 2.27. The molecule has 1 aliphatic carbocycles. The zero-order valence-electron chi connectivity index (χ0n) is 21.2. The highest BCUT2D eigenvalue weighted by Crippen LogP contribution is 2.54. The van der Waals surface area contributed by atoms with Crippen LogP contribution in [-0.2, 0) is 0 Å². The minimum Gasteiger partial charge on any atom is -0.0610 e. The Hall–Kier alpha value is -4.42. The molecule has 0 heterocycles. The van der Waals surface area contributed by atoms with Crippen molar-refractivity contribution in [3.05, 3.63) is 108 Å². The molecule has 8 aromatic carbocycles. The van der Waals surface area contributed by atoms with Crippen molar-refractivity contribution in [2.75, 3.05) is 0 Å². The van der Waals surface area contributed by atoms with Gasteiger partial charge < -0.3 is 0 Å². The lowest BCUT2D eigenvalue weighted by molar-refractivity contribution is 1.49. The summed E-state index contributed by atoms with van der Waals surface area (Å²) in [5, 5.41) is 16.4. The van der Waals surface area contributed by atoms with Crippen molar-refractivity contribution in [2.24, 2.45) is 0 Å². The predicted octanol–water partition coefficient (Wildman–Crippen LogP) is 10.6. The van der Waals surface area contributed by atoms with Crippen LogP contribution in [0.1, 0.15) is 16.7 Å². The van der Waals surface area contributed by atoms with Gasteiger partial charge in [-0.25, -0.2) is 0 Å². The molecule has 0 saturated heterocycles. The fraction of sp³-hybridized carbons (Fsp3) is 0.0811. The Bertz CT molecular complexity index is 2310. The highest BCUT2D eigenvalue weighted by atomic mass is 14.3. The van der Waals surface area contributed by atoms with Gasteiger partial charge in [0.05, 0.1) is 0 Å². The van der Waals surface area contributed by atoms with E-state index in [1.54, 1.807) is 0 Å². The first-order chi connectivity index (χ1) is 18.1. The molecular weight excluding hydrogens is 444 g/mol. The maximum absolute atomic E-state index is 2.47. The van der Waals surface area contributed by atoms with E-state index in [2.05, 4.69) is 112 Å². The Morgan fingerprint density at radius 2 is 1.14 bits per heavy atom. The van der Waals surface area contributed by atoms with E-state index in [0.717, 1.165) is 0 Å². The van der Waals surface area contributed by atoms with Crippen molar-refractivity contribution in [3.8, 4) is 22.3 Å². The second-order valence-corrected chi connectivity index (χ2v) is 11.2. The van der Waals surface area contributed by atoms with Gasteiger partial charge in [-0.05, 0) is 131 Å². The van der Waals surface area contributed by atoms with Crippen LogP contribution in [0.5, 0.6) is 0 Å². The lowest BCUT2D eigenvalue weighted by Crippen LogP contribution is -1.91. The molecule has 0 aliphatic heterocycles. The average Bonchev–Trinajstić information content (AvgIpc) is 3.22. The van der Waals surface area contributed by atoms with Crippen LogP contribution < -0.4 is 0 Å². The van der Waals surface area contributed by atoms with E-state index in [-0.39, 0.29) is 0 Å². The van der Waals surface area contributed by atoms with Crippen LogP contribution in [0.2, 0.25) is 0 Å². The molecule has 0 saturated carbocycles. The fourth-order valence-electron chi connectivity index (χ4n) is 7.34. The van der Waals surface area contributed by atoms with Crippen molar-refractivity contribution in [1.82, 2.24) is 0 Å². The quantitative estimate of drug-likeness (QED) is 0.194. The lowest BCUT2D eigenvalue weighted by atomic mass is 9.86. The summed E-state index contributed by atoms with van der Waals surface area (Å²) in [6.07, 6.45) is 0. The Morgan fingerprint density at radius 3 is 2.03 bits per heavy atom. The molecule has 0 nitrogen and oxygen atoms in total. The molecule has 0 atom stereocenters. The Kier molecular flexibility index (Phi) is 3.45.